The number of quaternary nitrogens is 1. The molecule has 2 N–H and O–H groups in total. The molecule has 2 aromatic carbocycles. The Bertz CT molecular complexity index is 1070. The van der Waals surface area contributed by atoms with Crippen molar-refractivity contribution >= 4 is 22.6 Å². The number of benzene rings is 2. The van der Waals surface area contributed by atoms with Gasteiger partial charge in [0, 0.05) is 35.9 Å². The van der Waals surface area contributed by atoms with Crippen molar-refractivity contribution in [2.45, 2.75) is 65.1 Å². The highest BCUT2D eigenvalue weighted by molar-refractivity contribution is 6.25. The molecule has 0 spiro atoms. The van der Waals surface area contributed by atoms with Crippen LogP contribution in [0.3, 0.4) is 0 Å². The van der Waals surface area contributed by atoms with Crippen LogP contribution >= 0.6 is 0 Å². The van der Waals surface area contributed by atoms with Crippen LogP contribution < -0.4 is 4.90 Å². The molecular weight excluding hydrogens is 464 g/mol. The van der Waals surface area contributed by atoms with E-state index in [1.54, 1.807) is 0 Å². The first-order chi connectivity index (χ1) is 17.8. The number of likely N-dealkylation sites (tertiary alicyclic amines) is 1. The van der Waals surface area contributed by atoms with Crippen LogP contribution in [0.1, 0.15) is 73.6 Å². The van der Waals surface area contributed by atoms with Gasteiger partial charge in [0.1, 0.15) is 12.6 Å². The van der Waals surface area contributed by atoms with Gasteiger partial charge in [0.05, 0.1) is 25.8 Å². The Morgan fingerprint density at radius 3 is 2.27 bits per heavy atom. The zero-order valence-corrected chi connectivity index (χ0v) is 22.6. The number of hydrogen-bond acceptors (Lipinski definition) is 4. The van der Waals surface area contributed by atoms with Gasteiger partial charge in [-0.15, -0.1) is 0 Å². The van der Waals surface area contributed by atoms with Crippen molar-refractivity contribution in [2.24, 2.45) is 23.7 Å². The van der Waals surface area contributed by atoms with Crippen molar-refractivity contribution in [3.8, 4) is 0 Å². The molecule has 0 unspecified atom stereocenters. The number of carbonyl (C=O) groups excluding carboxylic acids is 2. The molecule has 37 heavy (non-hydrogen) atoms. The summed E-state index contributed by atoms with van der Waals surface area (Å²) in [4.78, 5) is 29.3. The molecule has 2 aromatic rings. The van der Waals surface area contributed by atoms with Crippen molar-refractivity contribution in [3.63, 3.8) is 0 Å². The second-order valence-corrected chi connectivity index (χ2v) is 12.2. The van der Waals surface area contributed by atoms with E-state index in [9.17, 15) is 14.7 Å². The van der Waals surface area contributed by atoms with E-state index in [4.69, 9.17) is 4.74 Å². The van der Waals surface area contributed by atoms with Crippen LogP contribution in [-0.2, 0) is 4.74 Å². The first-order valence-electron chi connectivity index (χ1n) is 14.3. The minimum absolute atomic E-state index is 0.173. The fraction of sp³-hybridized carbons (Fsp3) is 0.613. The van der Waals surface area contributed by atoms with Crippen LogP contribution in [0, 0.1) is 23.7 Å². The summed E-state index contributed by atoms with van der Waals surface area (Å²) in [6.07, 6.45) is 5.29. The number of nitrogens with zero attached hydrogens (tertiary/aromatic N) is 1. The van der Waals surface area contributed by atoms with Crippen LogP contribution in [0.15, 0.2) is 36.4 Å². The average molecular weight is 508 g/mol. The van der Waals surface area contributed by atoms with Crippen LogP contribution in [0.25, 0.3) is 10.8 Å². The smallest absolute Gasteiger partial charge is 0.261 e. The van der Waals surface area contributed by atoms with Crippen LogP contribution in [0.4, 0.5) is 0 Å². The predicted octanol–water partition coefficient (Wildman–Crippen LogP) is 3.57. The van der Waals surface area contributed by atoms with Gasteiger partial charge in [-0.25, -0.2) is 0 Å². The average Bonchev–Trinajstić information content (AvgIpc) is 2.89. The first-order valence-corrected chi connectivity index (χ1v) is 14.3. The Morgan fingerprint density at radius 2 is 1.65 bits per heavy atom. The van der Waals surface area contributed by atoms with Gasteiger partial charge in [-0.05, 0) is 54.0 Å². The third kappa shape index (κ3) is 5.62. The number of amides is 2. The Balaban J connectivity index is 1.11. The number of nitrogens with one attached hydrogen (secondary N) is 1. The van der Waals surface area contributed by atoms with E-state index in [-0.39, 0.29) is 17.9 Å². The molecule has 6 heteroatoms. The number of carbonyl (C=O) groups is 2. The zero-order valence-electron chi connectivity index (χ0n) is 22.6. The summed E-state index contributed by atoms with van der Waals surface area (Å²) < 4.78 is 6.28. The molecule has 2 fully saturated rings. The number of ether oxygens (including phenoxy) is 1. The lowest BCUT2D eigenvalue weighted by Crippen LogP contribution is -3.14. The lowest BCUT2D eigenvalue weighted by Gasteiger charge is -2.38. The topological polar surface area (TPSA) is 71.3 Å². The number of piperidine rings is 1. The highest BCUT2D eigenvalue weighted by Crippen LogP contribution is 2.35. The molecule has 3 aliphatic rings. The van der Waals surface area contributed by atoms with Crippen molar-refractivity contribution < 1.29 is 24.3 Å². The van der Waals surface area contributed by atoms with Crippen LogP contribution in [0.5, 0.6) is 0 Å². The predicted molar refractivity (Wildman–Crippen MR) is 145 cm³/mol. The summed E-state index contributed by atoms with van der Waals surface area (Å²) in [6, 6.07) is 11.4. The van der Waals surface area contributed by atoms with Gasteiger partial charge in [0.2, 0.25) is 0 Å². The Morgan fingerprint density at radius 1 is 1.00 bits per heavy atom. The second-order valence-electron chi connectivity index (χ2n) is 12.2. The molecule has 0 aromatic heterocycles. The maximum atomic E-state index is 13.2. The van der Waals surface area contributed by atoms with Crippen molar-refractivity contribution in [1.82, 2.24) is 4.90 Å². The van der Waals surface area contributed by atoms with E-state index in [0.29, 0.717) is 54.5 Å². The van der Waals surface area contributed by atoms with E-state index in [1.165, 1.54) is 22.6 Å². The van der Waals surface area contributed by atoms with Crippen molar-refractivity contribution in [2.75, 3.05) is 32.8 Å². The van der Waals surface area contributed by atoms with Gasteiger partial charge >= 0.3 is 0 Å². The van der Waals surface area contributed by atoms with Crippen LogP contribution in [-0.4, -0.2) is 66.8 Å². The molecule has 5 rings (SSSR count). The normalized spacial score (nSPS) is 29.2. The fourth-order valence-corrected chi connectivity index (χ4v) is 6.91. The Labute approximate surface area is 221 Å². The maximum absolute atomic E-state index is 13.2. The number of hydrogen-bond donors (Lipinski definition) is 2. The first kappa shape index (κ1) is 26.3. The molecule has 6 nitrogen and oxygen atoms in total. The van der Waals surface area contributed by atoms with Crippen LogP contribution in [0.2, 0.25) is 0 Å². The molecule has 200 valence electrons. The highest BCUT2D eigenvalue weighted by atomic mass is 16.5. The van der Waals surface area contributed by atoms with E-state index in [1.807, 2.05) is 36.4 Å². The number of imide groups is 1. The quantitative estimate of drug-likeness (QED) is 0.536. The lowest BCUT2D eigenvalue weighted by molar-refractivity contribution is -0.909. The van der Waals surface area contributed by atoms with E-state index < -0.39 is 6.10 Å². The second kappa shape index (κ2) is 11.2. The molecule has 2 amide bonds. The zero-order chi connectivity index (χ0) is 26.1. The summed E-state index contributed by atoms with van der Waals surface area (Å²) in [5.74, 6) is 1.85. The summed E-state index contributed by atoms with van der Waals surface area (Å²) in [6.45, 7) is 10.3. The fourth-order valence-electron chi connectivity index (χ4n) is 6.91. The monoisotopic (exact) mass is 507 g/mol. The molecule has 1 saturated heterocycles. The molecule has 4 atom stereocenters. The number of aliphatic hydroxyl groups is 1. The standard InChI is InChI=1S/C31H42N2O4/c1-20(2)25-11-10-21(3)16-28(25)37-19-24(34)18-32-14-12-22(13-15-32)17-33-30(35)26-8-4-6-23-7-5-9-27(29(23)26)31(33)36/h4-9,20-22,24-25,28,34H,10-19H2,1-3H3/p+1/t21-,24-,25-,28-/m1/s1. The van der Waals surface area contributed by atoms with Crippen molar-refractivity contribution in [3.05, 3.63) is 47.5 Å². The summed E-state index contributed by atoms with van der Waals surface area (Å²) in [7, 11) is 0. The van der Waals surface area contributed by atoms with E-state index >= 15 is 0 Å². The third-order valence-electron chi connectivity index (χ3n) is 9.10. The largest absolute Gasteiger partial charge is 0.385 e. The molecular formula is C31H43N2O4+. The van der Waals surface area contributed by atoms with Gasteiger partial charge < -0.3 is 14.7 Å². The Kier molecular flexibility index (Phi) is 7.99. The Hall–Kier alpha value is -2.28. The van der Waals surface area contributed by atoms with E-state index in [2.05, 4.69) is 20.8 Å². The third-order valence-corrected chi connectivity index (χ3v) is 9.10. The van der Waals surface area contributed by atoms with E-state index in [0.717, 1.165) is 43.1 Å². The summed E-state index contributed by atoms with van der Waals surface area (Å²) in [5.41, 5.74) is 1.26. The molecule has 2 aliphatic heterocycles. The van der Waals surface area contributed by atoms with Gasteiger partial charge in [0.25, 0.3) is 11.8 Å². The van der Waals surface area contributed by atoms with Gasteiger partial charge in [-0.2, -0.15) is 0 Å². The van der Waals surface area contributed by atoms with Gasteiger partial charge in [-0.3, -0.25) is 14.5 Å². The minimum Gasteiger partial charge on any atom is -0.385 e. The van der Waals surface area contributed by atoms with Gasteiger partial charge in [-0.1, -0.05) is 51.5 Å². The lowest BCUT2D eigenvalue weighted by atomic mass is 9.75. The number of aliphatic hydroxyl groups excluding tert-OH is 1. The molecule has 0 bridgehead atoms. The summed E-state index contributed by atoms with van der Waals surface area (Å²) in [5, 5.41) is 12.5. The molecule has 1 saturated carbocycles. The SMILES string of the molecule is CC(C)[C@H]1CC[C@@H](C)C[C@H]1OC[C@H](O)C[NH+]1CCC(CN2C(=O)c3cccc4cccc(c34)C2=O)CC1. The maximum Gasteiger partial charge on any atom is 0.261 e. The number of rotatable bonds is 8. The summed E-state index contributed by atoms with van der Waals surface area (Å²) >= 11 is 0. The van der Waals surface area contributed by atoms with Gasteiger partial charge in [0.15, 0.2) is 0 Å². The molecule has 0 radical (unpaired) electrons. The minimum atomic E-state index is -0.459. The van der Waals surface area contributed by atoms with Crippen molar-refractivity contribution in [1.29, 1.82) is 0 Å². The molecule has 2 heterocycles. The highest BCUT2D eigenvalue weighted by Gasteiger charge is 2.36. The molecule has 1 aliphatic carbocycles.